The molecule has 1 aliphatic rings. The molecule has 0 saturated carbocycles. The van der Waals surface area contributed by atoms with Crippen LogP contribution in [0.2, 0.25) is 0 Å². The number of hydrogen-bond donors (Lipinski definition) is 1. The van der Waals surface area contributed by atoms with Crippen molar-refractivity contribution in [1.29, 1.82) is 0 Å². The van der Waals surface area contributed by atoms with Gasteiger partial charge in [-0.15, -0.1) is 0 Å². The maximum atomic E-state index is 6.02. The first-order valence-corrected chi connectivity index (χ1v) is 7.74. The Hall–Kier alpha value is -1.09. The fourth-order valence-corrected chi connectivity index (χ4v) is 2.97. The molecule has 0 spiro atoms. The van der Waals surface area contributed by atoms with Gasteiger partial charge in [0.15, 0.2) is 0 Å². The third kappa shape index (κ3) is 3.47. The minimum absolute atomic E-state index is 0.0712. The maximum Gasteiger partial charge on any atom is 0.0572 e. The first-order chi connectivity index (χ1) is 9.26. The van der Waals surface area contributed by atoms with Gasteiger partial charge in [-0.05, 0) is 44.2 Å². The molecule has 2 atom stereocenters. The number of pyridine rings is 1. The molecule has 0 amide bonds. The van der Waals surface area contributed by atoms with Crippen molar-refractivity contribution < 1.29 is 0 Å². The van der Waals surface area contributed by atoms with Crippen LogP contribution in [0.15, 0.2) is 18.3 Å². The maximum absolute atomic E-state index is 6.02. The second-order valence-corrected chi connectivity index (χ2v) is 5.59. The van der Waals surface area contributed by atoms with Crippen LogP contribution in [-0.4, -0.2) is 17.6 Å². The number of nitrogens with zero attached hydrogens (tertiary/aromatic N) is 2. The Morgan fingerprint density at radius 1 is 1.37 bits per heavy atom. The molecular weight excluding hydrogens is 234 g/mol. The van der Waals surface area contributed by atoms with Crippen molar-refractivity contribution in [1.82, 2.24) is 4.98 Å². The molecule has 1 fully saturated rings. The Balaban J connectivity index is 2.11. The average Bonchev–Trinajstić information content (AvgIpc) is 2.47. The summed E-state index contributed by atoms with van der Waals surface area (Å²) in [7, 11) is 0. The topological polar surface area (TPSA) is 42.1 Å². The molecule has 0 aliphatic carbocycles. The van der Waals surface area contributed by atoms with Crippen molar-refractivity contribution in [2.24, 2.45) is 5.73 Å². The predicted octanol–water partition coefficient (Wildman–Crippen LogP) is 3.65. The minimum Gasteiger partial charge on any atom is -0.367 e. The molecule has 0 bridgehead atoms. The zero-order valence-electron chi connectivity index (χ0n) is 12.3. The quantitative estimate of drug-likeness (QED) is 0.879. The molecule has 2 N–H and O–H groups in total. The molecule has 1 aromatic heterocycles. The van der Waals surface area contributed by atoms with E-state index in [0.29, 0.717) is 6.04 Å². The normalized spacial score (nSPS) is 21.4. The van der Waals surface area contributed by atoms with Gasteiger partial charge in [0.25, 0.3) is 0 Å². The van der Waals surface area contributed by atoms with Gasteiger partial charge in [0.05, 0.1) is 17.6 Å². The number of hydrogen-bond acceptors (Lipinski definition) is 3. The molecule has 0 radical (unpaired) electrons. The van der Waals surface area contributed by atoms with Crippen molar-refractivity contribution in [3.63, 3.8) is 0 Å². The molecule has 2 rings (SSSR count). The summed E-state index contributed by atoms with van der Waals surface area (Å²) in [6.07, 6.45) is 9.49. The number of rotatable bonds is 5. The lowest BCUT2D eigenvalue weighted by Gasteiger charge is -2.37. The Labute approximate surface area is 117 Å². The lowest BCUT2D eigenvalue weighted by atomic mass is 9.97. The van der Waals surface area contributed by atoms with Gasteiger partial charge in [-0.2, -0.15) is 0 Å². The van der Waals surface area contributed by atoms with E-state index in [1.54, 1.807) is 0 Å². The van der Waals surface area contributed by atoms with Gasteiger partial charge in [-0.3, -0.25) is 4.98 Å². The summed E-state index contributed by atoms with van der Waals surface area (Å²) in [5, 5.41) is 0. The van der Waals surface area contributed by atoms with Gasteiger partial charge in [0.2, 0.25) is 0 Å². The highest BCUT2D eigenvalue weighted by Crippen LogP contribution is 2.27. The summed E-state index contributed by atoms with van der Waals surface area (Å²) in [5.41, 5.74) is 8.30. The van der Waals surface area contributed by atoms with E-state index in [1.807, 2.05) is 6.20 Å². The fourth-order valence-electron chi connectivity index (χ4n) is 2.97. The van der Waals surface area contributed by atoms with Gasteiger partial charge in [0.1, 0.15) is 0 Å². The van der Waals surface area contributed by atoms with Crippen LogP contribution in [0.5, 0.6) is 0 Å². The SMILES string of the molecule is CCCC1CCCCN1c1ccc([C@@H](N)CC)nc1. The fraction of sp³-hybridized carbons (Fsp3) is 0.688. The summed E-state index contributed by atoms with van der Waals surface area (Å²) >= 11 is 0. The molecule has 0 aromatic carbocycles. The van der Waals surface area contributed by atoms with E-state index < -0.39 is 0 Å². The largest absolute Gasteiger partial charge is 0.367 e. The van der Waals surface area contributed by atoms with Crippen LogP contribution in [0, 0.1) is 0 Å². The summed E-state index contributed by atoms with van der Waals surface area (Å²) in [5.74, 6) is 0. The molecule has 2 heterocycles. The molecule has 3 heteroatoms. The van der Waals surface area contributed by atoms with Gasteiger partial charge in [-0.1, -0.05) is 20.3 Å². The molecule has 106 valence electrons. The lowest BCUT2D eigenvalue weighted by molar-refractivity contribution is 0.434. The van der Waals surface area contributed by atoms with Crippen LogP contribution in [0.3, 0.4) is 0 Å². The lowest BCUT2D eigenvalue weighted by Crippen LogP contribution is -2.39. The Morgan fingerprint density at radius 2 is 2.21 bits per heavy atom. The van der Waals surface area contributed by atoms with E-state index in [2.05, 4.69) is 35.9 Å². The Bertz CT molecular complexity index is 372. The Kier molecular flexibility index (Phi) is 5.20. The smallest absolute Gasteiger partial charge is 0.0572 e. The molecule has 1 saturated heterocycles. The minimum atomic E-state index is 0.0712. The van der Waals surface area contributed by atoms with Crippen LogP contribution < -0.4 is 10.6 Å². The van der Waals surface area contributed by atoms with Crippen molar-refractivity contribution in [3.05, 3.63) is 24.0 Å². The van der Waals surface area contributed by atoms with E-state index in [0.717, 1.165) is 12.1 Å². The monoisotopic (exact) mass is 261 g/mol. The highest BCUT2D eigenvalue weighted by atomic mass is 15.2. The summed E-state index contributed by atoms with van der Waals surface area (Å²) in [6, 6.07) is 5.07. The number of anilines is 1. The van der Waals surface area contributed by atoms with Crippen molar-refractivity contribution >= 4 is 5.69 Å². The standard InChI is InChI=1S/C16H27N3/c1-3-7-13-8-5-6-11-19(13)14-9-10-16(18-12-14)15(17)4-2/h9-10,12-13,15H,3-8,11,17H2,1-2H3/t13?,15-/m0/s1. The van der Waals surface area contributed by atoms with Gasteiger partial charge in [0, 0.05) is 18.6 Å². The zero-order chi connectivity index (χ0) is 13.7. The molecule has 1 unspecified atom stereocenters. The number of piperidine rings is 1. The summed E-state index contributed by atoms with van der Waals surface area (Å²) < 4.78 is 0. The van der Waals surface area contributed by atoms with E-state index in [1.165, 1.54) is 44.3 Å². The van der Waals surface area contributed by atoms with Gasteiger partial charge >= 0.3 is 0 Å². The van der Waals surface area contributed by atoms with Crippen LogP contribution >= 0.6 is 0 Å². The third-order valence-electron chi connectivity index (χ3n) is 4.17. The van der Waals surface area contributed by atoms with Gasteiger partial charge < -0.3 is 10.6 Å². The molecule has 1 aromatic rings. The number of nitrogens with two attached hydrogens (primary N) is 1. The van der Waals surface area contributed by atoms with Crippen molar-refractivity contribution in [3.8, 4) is 0 Å². The van der Waals surface area contributed by atoms with E-state index >= 15 is 0 Å². The van der Waals surface area contributed by atoms with Gasteiger partial charge in [-0.25, -0.2) is 0 Å². The zero-order valence-corrected chi connectivity index (χ0v) is 12.3. The molecule has 19 heavy (non-hydrogen) atoms. The molecular formula is C16H27N3. The first kappa shape index (κ1) is 14.3. The van der Waals surface area contributed by atoms with Crippen molar-refractivity contribution in [2.45, 2.75) is 64.5 Å². The van der Waals surface area contributed by atoms with Crippen LogP contribution in [0.25, 0.3) is 0 Å². The van der Waals surface area contributed by atoms with Crippen LogP contribution in [0.1, 0.15) is 64.1 Å². The molecule has 3 nitrogen and oxygen atoms in total. The highest BCUT2D eigenvalue weighted by Gasteiger charge is 2.22. The summed E-state index contributed by atoms with van der Waals surface area (Å²) in [4.78, 5) is 7.10. The third-order valence-corrected chi connectivity index (χ3v) is 4.17. The average molecular weight is 261 g/mol. The number of aromatic nitrogens is 1. The Morgan fingerprint density at radius 3 is 2.84 bits per heavy atom. The van der Waals surface area contributed by atoms with Crippen molar-refractivity contribution in [2.75, 3.05) is 11.4 Å². The summed E-state index contributed by atoms with van der Waals surface area (Å²) in [6.45, 7) is 5.54. The highest BCUT2D eigenvalue weighted by molar-refractivity contribution is 5.46. The molecule has 1 aliphatic heterocycles. The first-order valence-electron chi connectivity index (χ1n) is 7.74. The van der Waals surface area contributed by atoms with Crippen LogP contribution in [-0.2, 0) is 0 Å². The second kappa shape index (κ2) is 6.90. The van der Waals surface area contributed by atoms with E-state index in [9.17, 15) is 0 Å². The van der Waals surface area contributed by atoms with Crippen LogP contribution in [0.4, 0.5) is 5.69 Å². The second-order valence-electron chi connectivity index (χ2n) is 5.59. The predicted molar refractivity (Wildman–Crippen MR) is 81.3 cm³/mol. The van der Waals surface area contributed by atoms with E-state index in [-0.39, 0.29) is 6.04 Å². The van der Waals surface area contributed by atoms with E-state index in [4.69, 9.17) is 5.73 Å².